The minimum Gasteiger partial charge on any atom is -0.310 e. The van der Waals surface area contributed by atoms with E-state index >= 15 is 0 Å². The van der Waals surface area contributed by atoms with E-state index in [1.807, 2.05) is 12.1 Å². The summed E-state index contributed by atoms with van der Waals surface area (Å²) < 4.78 is 0. The van der Waals surface area contributed by atoms with Crippen molar-refractivity contribution < 1.29 is 0 Å². The van der Waals surface area contributed by atoms with E-state index in [1.54, 1.807) is 0 Å². The molecule has 2 aromatic carbocycles. The molecular formula is C18H21Cl2N. The van der Waals surface area contributed by atoms with Crippen LogP contribution in [-0.4, -0.2) is 6.54 Å². The van der Waals surface area contributed by atoms with Crippen molar-refractivity contribution in [2.45, 2.75) is 32.2 Å². The summed E-state index contributed by atoms with van der Waals surface area (Å²) in [6.07, 6.45) is 3.20. The lowest BCUT2D eigenvalue weighted by atomic mass is 9.99. The molecule has 21 heavy (non-hydrogen) atoms. The lowest BCUT2D eigenvalue weighted by molar-refractivity contribution is 0.499. The molecule has 0 heterocycles. The second-order valence-corrected chi connectivity index (χ2v) is 6.02. The summed E-state index contributed by atoms with van der Waals surface area (Å²) in [5.74, 6) is 0. The molecule has 0 saturated carbocycles. The predicted molar refractivity (Wildman–Crippen MR) is 92.3 cm³/mol. The second kappa shape index (κ2) is 8.43. The lowest BCUT2D eigenvalue weighted by Crippen LogP contribution is -2.22. The SMILES string of the molecule is CCCNC(CCc1ccccc1)c1ccc(Cl)c(Cl)c1. The van der Waals surface area contributed by atoms with Gasteiger partial charge in [0.15, 0.2) is 0 Å². The second-order valence-electron chi connectivity index (χ2n) is 5.20. The van der Waals surface area contributed by atoms with E-state index in [1.165, 1.54) is 11.1 Å². The van der Waals surface area contributed by atoms with E-state index in [2.05, 4.69) is 48.6 Å². The molecule has 1 N–H and O–H groups in total. The molecule has 0 radical (unpaired) electrons. The van der Waals surface area contributed by atoms with Crippen LogP contribution in [0.1, 0.15) is 36.9 Å². The summed E-state index contributed by atoms with van der Waals surface area (Å²) in [6, 6.07) is 16.8. The molecule has 0 aromatic heterocycles. The van der Waals surface area contributed by atoms with Gasteiger partial charge >= 0.3 is 0 Å². The van der Waals surface area contributed by atoms with Crippen LogP contribution < -0.4 is 5.32 Å². The quantitative estimate of drug-likeness (QED) is 0.693. The zero-order valence-corrected chi connectivity index (χ0v) is 13.8. The number of halogens is 2. The number of aryl methyl sites for hydroxylation is 1. The van der Waals surface area contributed by atoms with Gasteiger partial charge in [-0.05, 0) is 49.1 Å². The summed E-state index contributed by atoms with van der Waals surface area (Å²) in [4.78, 5) is 0. The lowest BCUT2D eigenvalue weighted by Gasteiger charge is -2.19. The van der Waals surface area contributed by atoms with Crippen LogP contribution in [0.4, 0.5) is 0 Å². The Morgan fingerprint density at radius 1 is 1.00 bits per heavy atom. The van der Waals surface area contributed by atoms with E-state index in [0.717, 1.165) is 25.8 Å². The topological polar surface area (TPSA) is 12.0 Å². The Balaban J connectivity index is 2.08. The zero-order chi connectivity index (χ0) is 15.1. The maximum absolute atomic E-state index is 6.15. The molecular weight excluding hydrogens is 301 g/mol. The monoisotopic (exact) mass is 321 g/mol. The first-order chi connectivity index (χ1) is 10.2. The number of rotatable bonds is 7. The van der Waals surface area contributed by atoms with Gasteiger partial charge in [0, 0.05) is 6.04 Å². The fourth-order valence-electron chi connectivity index (χ4n) is 2.39. The molecule has 2 rings (SSSR count). The van der Waals surface area contributed by atoms with Crippen LogP contribution in [0.2, 0.25) is 10.0 Å². The van der Waals surface area contributed by atoms with Crippen molar-refractivity contribution in [2.75, 3.05) is 6.54 Å². The van der Waals surface area contributed by atoms with Gasteiger partial charge in [0.25, 0.3) is 0 Å². The minimum atomic E-state index is 0.305. The summed E-state index contributed by atoms with van der Waals surface area (Å²) in [5, 5.41) is 4.83. The Labute approximate surface area is 137 Å². The maximum atomic E-state index is 6.15. The molecule has 112 valence electrons. The average molecular weight is 322 g/mol. The van der Waals surface area contributed by atoms with Crippen LogP contribution in [0.15, 0.2) is 48.5 Å². The van der Waals surface area contributed by atoms with Gasteiger partial charge < -0.3 is 5.32 Å². The van der Waals surface area contributed by atoms with E-state index < -0.39 is 0 Å². The standard InChI is InChI=1S/C18H21Cl2N/c1-2-12-21-18(11-8-14-6-4-3-5-7-14)15-9-10-16(19)17(20)13-15/h3-7,9-10,13,18,21H,2,8,11-12H2,1H3. The van der Waals surface area contributed by atoms with Gasteiger partial charge in [0.05, 0.1) is 10.0 Å². The zero-order valence-electron chi connectivity index (χ0n) is 12.3. The first-order valence-corrected chi connectivity index (χ1v) is 8.18. The first-order valence-electron chi connectivity index (χ1n) is 7.43. The molecule has 1 atom stereocenters. The Kier molecular flexibility index (Phi) is 6.56. The molecule has 0 amide bonds. The highest BCUT2D eigenvalue weighted by Gasteiger charge is 2.12. The molecule has 0 bridgehead atoms. The third-order valence-corrected chi connectivity index (χ3v) is 4.29. The van der Waals surface area contributed by atoms with Gasteiger partial charge in [-0.3, -0.25) is 0 Å². The van der Waals surface area contributed by atoms with Crippen molar-refractivity contribution in [1.82, 2.24) is 5.32 Å². The van der Waals surface area contributed by atoms with Gasteiger partial charge in [-0.15, -0.1) is 0 Å². The molecule has 0 aliphatic rings. The molecule has 0 saturated heterocycles. The van der Waals surface area contributed by atoms with Crippen molar-refractivity contribution in [2.24, 2.45) is 0 Å². The van der Waals surface area contributed by atoms with Crippen LogP contribution in [0.5, 0.6) is 0 Å². The molecule has 1 nitrogen and oxygen atoms in total. The number of hydrogen-bond donors (Lipinski definition) is 1. The van der Waals surface area contributed by atoms with Crippen molar-refractivity contribution in [3.05, 3.63) is 69.7 Å². The van der Waals surface area contributed by atoms with Crippen LogP contribution in [-0.2, 0) is 6.42 Å². The maximum Gasteiger partial charge on any atom is 0.0595 e. The van der Waals surface area contributed by atoms with Crippen LogP contribution >= 0.6 is 23.2 Å². The van der Waals surface area contributed by atoms with Crippen LogP contribution in [0, 0.1) is 0 Å². The summed E-state index contributed by atoms with van der Waals surface area (Å²) in [5.41, 5.74) is 2.56. The molecule has 0 fully saturated rings. The van der Waals surface area contributed by atoms with E-state index in [9.17, 15) is 0 Å². The summed E-state index contributed by atoms with van der Waals surface area (Å²) in [6.45, 7) is 3.18. The number of hydrogen-bond acceptors (Lipinski definition) is 1. The first kappa shape index (κ1) is 16.4. The highest BCUT2D eigenvalue weighted by Crippen LogP contribution is 2.27. The summed E-state index contributed by atoms with van der Waals surface area (Å²) in [7, 11) is 0. The van der Waals surface area contributed by atoms with Crippen molar-refractivity contribution >= 4 is 23.2 Å². The molecule has 1 unspecified atom stereocenters. The Morgan fingerprint density at radius 3 is 2.43 bits per heavy atom. The van der Waals surface area contributed by atoms with Crippen molar-refractivity contribution in [1.29, 1.82) is 0 Å². The molecule has 3 heteroatoms. The van der Waals surface area contributed by atoms with Crippen LogP contribution in [0.25, 0.3) is 0 Å². The normalized spacial score (nSPS) is 12.3. The van der Waals surface area contributed by atoms with Gasteiger partial charge in [0.2, 0.25) is 0 Å². The van der Waals surface area contributed by atoms with E-state index in [0.29, 0.717) is 16.1 Å². The van der Waals surface area contributed by atoms with Crippen molar-refractivity contribution in [3.63, 3.8) is 0 Å². The summed E-state index contributed by atoms with van der Waals surface area (Å²) >= 11 is 12.2. The van der Waals surface area contributed by atoms with Crippen molar-refractivity contribution in [3.8, 4) is 0 Å². The van der Waals surface area contributed by atoms with Crippen LogP contribution in [0.3, 0.4) is 0 Å². The smallest absolute Gasteiger partial charge is 0.0595 e. The molecule has 0 spiro atoms. The number of nitrogens with one attached hydrogen (secondary N) is 1. The molecule has 0 aliphatic carbocycles. The molecule has 2 aromatic rings. The van der Waals surface area contributed by atoms with Gasteiger partial charge in [0.1, 0.15) is 0 Å². The minimum absolute atomic E-state index is 0.305. The average Bonchev–Trinajstić information content (AvgIpc) is 2.51. The highest BCUT2D eigenvalue weighted by atomic mass is 35.5. The van der Waals surface area contributed by atoms with E-state index in [4.69, 9.17) is 23.2 Å². The highest BCUT2D eigenvalue weighted by molar-refractivity contribution is 6.42. The van der Waals surface area contributed by atoms with Gasteiger partial charge in [-0.25, -0.2) is 0 Å². The molecule has 0 aliphatic heterocycles. The Bertz CT molecular complexity index is 554. The number of benzene rings is 2. The third kappa shape index (κ3) is 5.03. The Morgan fingerprint density at radius 2 is 1.76 bits per heavy atom. The van der Waals surface area contributed by atoms with E-state index in [-0.39, 0.29) is 0 Å². The fraction of sp³-hybridized carbons (Fsp3) is 0.333. The van der Waals surface area contributed by atoms with Gasteiger partial charge in [-0.2, -0.15) is 0 Å². The Hall–Kier alpha value is -1.02. The fourth-order valence-corrected chi connectivity index (χ4v) is 2.70. The largest absolute Gasteiger partial charge is 0.310 e. The van der Waals surface area contributed by atoms with Gasteiger partial charge in [-0.1, -0.05) is 66.5 Å². The predicted octanol–water partition coefficient (Wildman–Crippen LogP) is 5.67. The third-order valence-electron chi connectivity index (χ3n) is 3.55.